The fourth-order valence-corrected chi connectivity index (χ4v) is 1.70. The molecule has 4 heteroatoms. The lowest BCUT2D eigenvalue weighted by atomic mass is 10.3. The lowest BCUT2D eigenvalue weighted by Crippen LogP contribution is -2.24. The maximum absolute atomic E-state index is 5.72. The minimum atomic E-state index is -0.132. The maximum atomic E-state index is 5.72. The van der Waals surface area contributed by atoms with Gasteiger partial charge in [-0.2, -0.15) is 0 Å². The topological polar surface area (TPSA) is 36.9 Å². The van der Waals surface area contributed by atoms with E-state index < -0.39 is 0 Å². The maximum Gasteiger partial charge on any atom is 0.157 e. The quantitative estimate of drug-likeness (QED) is 0.425. The number of hydrogen-bond acceptors (Lipinski definition) is 4. The molecule has 0 N–H and O–H groups in total. The van der Waals surface area contributed by atoms with Crippen LogP contribution in [0, 0.1) is 0 Å². The molecule has 0 rings (SSSR count). The normalized spacial score (nSPS) is 11.7. The predicted octanol–water partition coefficient (Wildman–Crippen LogP) is 4.13. The molecule has 0 aromatic rings. The Morgan fingerprint density at radius 3 is 0.950 bits per heavy atom. The summed E-state index contributed by atoms with van der Waals surface area (Å²) in [7, 11) is 0. The molecule has 0 heterocycles. The van der Waals surface area contributed by atoms with Crippen LogP contribution in [0.4, 0.5) is 0 Å². The average Bonchev–Trinajstić information content (AvgIpc) is 2.48. The van der Waals surface area contributed by atoms with E-state index in [4.69, 9.17) is 18.9 Å². The van der Waals surface area contributed by atoms with Gasteiger partial charge in [0.05, 0.1) is 0 Å². The van der Waals surface area contributed by atoms with Crippen molar-refractivity contribution in [3.05, 3.63) is 0 Å². The van der Waals surface area contributed by atoms with Crippen LogP contribution in [-0.2, 0) is 18.9 Å². The summed E-state index contributed by atoms with van der Waals surface area (Å²) in [6, 6.07) is 0. The van der Waals surface area contributed by atoms with E-state index in [0.717, 1.165) is 65.0 Å². The van der Waals surface area contributed by atoms with Crippen LogP contribution in [0.25, 0.3) is 0 Å². The molecule has 0 aliphatic rings. The van der Waals surface area contributed by atoms with Gasteiger partial charge in [-0.15, -0.1) is 0 Å². The molecule has 0 saturated carbocycles. The van der Waals surface area contributed by atoms with Crippen molar-refractivity contribution in [3.8, 4) is 0 Å². The van der Waals surface area contributed by atoms with E-state index in [0.29, 0.717) is 0 Å². The molecule has 0 fully saturated rings. The molecule has 0 aliphatic heterocycles. The molecule has 0 radical (unpaired) electrons. The molecule has 4 nitrogen and oxygen atoms in total. The molecule has 0 amide bonds. The van der Waals surface area contributed by atoms with Crippen molar-refractivity contribution in [1.82, 2.24) is 0 Å². The van der Waals surface area contributed by atoms with Gasteiger partial charge in [0.25, 0.3) is 0 Å². The number of rotatable bonds is 15. The summed E-state index contributed by atoms with van der Waals surface area (Å²) in [5, 5.41) is 0. The molecule has 0 bridgehead atoms. The van der Waals surface area contributed by atoms with Crippen molar-refractivity contribution in [2.45, 2.75) is 78.8 Å². The zero-order valence-electron chi connectivity index (χ0n) is 13.9. The zero-order chi connectivity index (χ0) is 15.1. The molecule has 0 atom stereocenters. The molecule has 0 spiro atoms. The SMILES string of the molecule is CCCOC(CCC(OCCC)OCCC)OCCC. The standard InChI is InChI=1S/C16H34O4/c1-5-11-17-15(18-12-6-2)9-10-16(19-13-7-3)20-14-8-4/h15-16H,5-14H2,1-4H3. The molecule has 0 aromatic carbocycles. The van der Waals surface area contributed by atoms with Gasteiger partial charge < -0.3 is 18.9 Å². The van der Waals surface area contributed by atoms with Crippen LogP contribution in [-0.4, -0.2) is 39.0 Å². The lowest BCUT2D eigenvalue weighted by Gasteiger charge is -2.22. The van der Waals surface area contributed by atoms with Gasteiger partial charge >= 0.3 is 0 Å². The summed E-state index contributed by atoms with van der Waals surface area (Å²) in [5.41, 5.74) is 0. The Morgan fingerprint density at radius 1 is 0.500 bits per heavy atom. The van der Waals surface area contributed by atoms with E-state index in [1.54, 1.807) is 0 Å². The van der Waals surface area contributed by atoms with E-state index in [1.807, 2.05) is 0 Å². The summed E-state index contributed by atoms with van der Waals surface area (Å²) in [6.07, 6.45) is 5.40. The molecular formula is C16H34O4. The van der Waals surface area contributed by atoms with Crippen molar-refractivity contribution in [2.24, 2.45) is 0 Å². The number of hydrogen-bond donors (Lipinski definition) is 0. The fourth-order valence-electron chi connectivity index (χ4n) is 1.70. The highest BCUT2D eigenvalue weighted by atomic mass is 16.7. The van der Waals surface area contributed by atoms with Crippen molar-refractivity contribution < 1.29 is 18.9 Å². The first-order chi connectivity index (χ1) is 9.78. The number of ether oxygens (including phenoxy) is 4. The Labute approximate surface area is 125 Å². The van der Waals surface area contributed by atoms with Crippen molar-refractivity contribution in [1.29, 1.82) is 0 Å². The van der Waals surface area contributed by atoms with Crippen LogP contribution < -0.4 is 0 Å². The predicted molar refractivity (Wildman–Crippen MR) is 81.8 cm³/mol. The van der Waals surface area contributed by atoms with Crippen molar-refractivity contribution in [2.75, 3.05) is 26.4 Å². The summed E-state index contributed by atoms with van der Waals surface area (Å²) in [4.78, 5) is 0. The Kier molecular flexibility index (Phi) is 15.1. The van der Waals surface area contributed by atoms with E-state index in [2.05, 4.69) is 27.7 Å². The minimum Gasteiger partial charge on any atom is -0.353 e. The Hall–Kier alpha value is -0.160. The van der Waals surface area contributed by atoms with Gasteiger partial charge in [-0.25, -0.2) is 0 Å². The zero-order valence-corrected chi connectivity index (χ0v) is 13.9. The first-order valence-electron chi connectivity index (χ1n) is 8.24. The summed E-state index contributed by atoms with van der Waals surface area (Å²) < 4.78 is 22.9. The van der Waals surface area contributed by atoms with Gasteiger partial charge in [-0.1, -0.05) is 27.7 Å². The molecule has 0 aromatic heterocycles. The van der Waals surface area contributed by atoms with Crippen LogP contribution in [0.15, 0.2) is 0 Å². The molecule has 20 heavy (non-hydrogen) atoms. The van der Waals surface area contributed by atoms with Crippen LogP contribution in [0.1, 0.15) is 66.2 Å². The molecule has 0 aliphatic carbocycles. The van der Waals surface area contributed by atoms with Crippen LogP contribution >= 0.6 is 0 Å². The largest absolute Gasteiger partial charge is 0.353 e. The monoisotopic (exact) mass is 290 g/mol. The van der Waals surface area contributed by atoms with E-state index in [-0.39, 0.29) is 12.6 Å². The van der Waals surface area contributed by atoms with Crippen molar-refractivity contribution in [3.63, 3.8) is 0 Å². The smallest absolute Gasteiger partial charge is 0.157 e. The van der Waals surface area contributed by atoms with Gasteiger partial charge in [0.2, 0.25) is 0 Å². The van der Waals surface area contributed by atoms with Crippen LogP contribution in [0.5, 0.6) is 0 Å². The highest BCUT2D eigenvalue weighted by Crippen LogP contribution is 2.12. The van der Waals surface area contributed by atoms with Gasteiger partial charge in [0.1, 0.15) is 0 Å². The van der Waals surface area contributed by atoms with Gasteiger partial charge in [-0.3, -0.25) is 0 Å². The minimum absolute atomic E-state index is 0.132. The second-order valence-corrected chi connectivity index (χ2v) is 4.92. The summed E-state index contributed by atoms with van der Waals surface area (Å²) >= 11 is 0. The Balaban J connectivity index is 4.05. The van der Waals surface area contributed by atoms with Gasteiger partial charge in [-0.05, 0) is 25.7 Å². The average molecular weight is 290 g/mol. The van der Waals surface area contributed by atoms with E-state index in [1.165, 1.54) is 0 Å². The second kappa shape index (κ2) is 15.2. The molecule has 0 unspecified atom stereocenters. The summed E-state index contributed by atoms with van der Waals surface area (Å²) in [6.45, 7) is 11.4. The molecule has 0 saturated heterocycles. The lowest BCUT2D eigenvalue weighted by molar-refractivity contribution is -0.178. The molecular weight excluding hydrogens is 256 g/mol. The second-order valence-electron chi connectivity index (χ2n) is 4.92. The summed E-state index contributed by atoms with van der Waals surface area (Å²) in [5.74, 6) is 0. The highest BCUT2D eigenvalue weighted by molar-refractivity contribution is 4.52. The van der Waals surface area contributed by atoms with Gasteiger partial charge in [0.15, 0.2) is 12.6 Å². The highest BCUT2D eigenvalue weighted by Gasteiger charge is 2.15. The fraction of sp³-hybridized carbons (Fsp3) is 1.00. The molecule has 122 valence electrons. The first-order valence-corrected chi connectivity index (χ1v) is 8.24. The first kappa shape index (κ1) is 19.8. The third kappa shape index (κ3) is 11.6. The van der Waals surface area contributed by atoms with Crippen LogP contribution in [0.2, 0.25) is 0 Å². The third-order valence-electron chi connectivity index (χ3n) is 2.67. The van der Waals surface area contributed by atoms with E-state index >= 15 is 0 Å². The van der Waals surface area contributed by atoms with Gasteiger partial charge in [0, 0.05) is 39.3 Å². The Bertz CT molecular complexity index is 151. The van der Waals surface area contributed by atoms with Crippen molar-refractivity contribution >= 4 is 0 Å². The van der Waals surface area contributed by atoms with E-state index in [9.17, 15) is 0 Å². The Morgan fingerprint density at radius 2 is 0.750 bits per heavy atom. The third-order valence-corrected chi connectivity index (χ3v) is 2.67. The van der Waals surface area contributed by atoms with Crippen LogP contribution in [0.3, 0.4) is 0 Å².